The third kappa shape index (κ3) is 3.06. The molecule has 0 aliphatic carbocycles. The Morgan fingerprint density at radius 1 is 1.44 bits per heavy atom. The highest BCUT2D eigenvalue weighted by molar-refractivity contribution is 9.11. The van der Waals surface area contributed by atoms with Gasteiger partial charge in [0.1, 0.15) is 0 Å². The van der Waals surface area contributed by atoms with E-state index >= 15 is 0 Å². The van der Waals surface area contributed by atoms with Crippen molar-refractivity contribution in [2.24, 2.45) is 0 Å². The van der Waals surface area contributed by atoms with Crippen molar-refractivity contribution in [3.8, 4) is 0 Å². The monoisotopic (exact) mass is 347 g/mol. The summed E-state index contributed by atoms with van der Waals surface area (Å²) in [5.41, 5.74) is 1.29. The molecule has 0 bridgehead atoms. The average molecular weight is 349 g/mol. The van der Waals surface area contributed by atoms with Crippen LogP contribution in [0.5, 0.6) is 0 Å². The van der Waals surface area contributed by atoms with Crippen LogP contribution >= 0.6 is 31.9 Å². The maximum absolute atomic E-state index is 5.36. The summed E-state index contributed by atoms with van der Waals surface area (Å²) >= 11 is 7.06. The summed E-state index contributed by atoms with van der Waals surface area (Å²) in [5, 5.41) is 3.59. The zero-order valence-electron chi connectivity index (χ0n) is 9.17. The molecule has 1 N–H and O–H groups in total. The number of ether oxygens (including phenoxy) is 1. The van der Waals surface area contributed by atoms with Crippen molar-refractivity contribution < 1.29 is 4.74 Å². The molecule has 0 saturated carbocycles. The SMILES string of the molecule is CC(NC1CCOC1)c1ccc(Br)cc1Br. The molecule has 0 aromatic heterocycles. The second kappa shape index (κ2) is 5.63. The zero-order chi connectivity index (χ0) is 11.5. The number of hydrogen-bond acceptors (Lipinski definition) is 2. The van der Waals surface area contributed by atoms with E-state index in [-0.39, 0.29) is 0 Å². The van der Waals surface area contributed by atoms with Crippen LogP contribution in [0, 0.1) is 0 Å². The Morgan fingerprint density at radius 2 is 2.25 bits per heavy atom. The summed E-state index contributed by atoms with van der Waals surface area (Å²) in [4.78, 5) is 0. The lowest BCUT2D eigenvalue weighted by Gasteiger charge is -2.19. The van der Waals surface area contributed by atoms with Crippen molar-refractivity contribution in [3.63, 3.8) is 0 Å². The molecule has 1 aliphatic heterocycles. The van der Waals surface area contributed by atoms with E-state index in [2.05, 4.69) is 62.3 Å². The van der Waals surface area contributed by atoms with Crippen LogP contribution in [0.25, 0.3) is 0 Å². The Kier molecular flexibility index (Phi) is 4.41. The molecule has 16 heavy (non-hydrogen) atoms. The molecule has 1 aromatic rings. The van der Waals surface area contributed by atoms with Crippen molar-refractivity contribution in [2.75, 3.05) is 13.2 Å². The first-order chi connectivity index (χ1) is 7.66. The number of nitrogens with one attached hydrogen (secondary N) is 1. The molecule has 1 saturated heterocycles. The van der Waals surface area contributed by atoms with Crippen LogP contribution in [0.1, 0.15) is 24.9 Å². The molecule has 1 fully saturated rings. The summed E-state index contributed by atoms with van der Waals surface area (Å²) in [6.07, 6.45) is 1.11. The predicted molar refractivity (Wildman–Crippen MR) is 72.6 cm³/mol. The van der Waals surface area contributed by atoms with Gasteiger partial charge >= 0.3 is 0 Å². The molecule has 2 nitrogen and oxygen atoms in total. The van der Waals surface area contributed by atoms with Gasteiger partial charge in [-0.15, -0.1) is 0 Å². The molecule has 0 radical (unpaired) electrons. The van der Waals surface area contributed by atoms with Crippen LogP contribution in [0.3, 0.4) is 0 Å². The van der Waals surface area contributed by atoms with Gasteiger partial charge in [-0.05, 0) is 31.0 Å². The fourth-order valence-corrected chi connectivity index (χ4v) is 3.35. The third-order valence-electron chi connectivity index (χ3n) is 2.84. The molecule has 2 atom stereocenters. The first-order valence-corrected chi connectivity index (χ1v) is 7.04. The van der Waals surface area contributed by atoms with Gasteiger partial charge < -0.3 is 10.1 Å². The van der Waals surface area contributed by atoms with Crippen molar-refractivity contribution in [1.82, 2.24) is 5.32 Å². The van der Waals surface area contributed by atoms with Crippen LogP contribution in [-0.4, -0.2) is 19.3 Å². The molecule has 0 spiro atoms. The number of benzene rings is 1. The lowest BCUT2D eigenvalue weighted by Crippen LogP contribution is -2.31. The Balaban J connectivity index is 2.04. The molecule has 4 heteroatoms. The number of halogens is 2. The Labute approximate surface area is 113 Å². The lowest BCUT2D eigenvalue weighted by molar-refractivity contribution is 0.188. The second-order valence-corrected chi connectivity index (χ2v) is 5.88. The van der Waals surface area contributed by atoms with Gasteiger partial charge in [0, 0.05) is 27.6 Å². The lowest BCUT2D eigenvalue weighted by atomic mass is 10.1. The summed E-state index contributed by atoms with van der Waals surface area (Å²) in [6.45, 7) is 3.90. The molecule has 2 rings (SSSR count). The van der Waals surface area contributed by atoms with Gasteiger partial charge in [-0.1, -0.05) is 37.9 Å². The zero-order valence-corrected chi connectivity index (χ0v) is 12.3. The summed E-state index contributed by atoms with van der Waals surface area (Å²) in [6, 6.07) is 7.13. The summed E-state index contributed by atoms with van der Waals surface area (Å²) in [5.74, 6) is 0. The Bertz CT molecular complexity index is 364. The van der Waals surface area contributed by atoms with Crippen LogP contribution in [-0.2, 0) is 4.74 Å². The minimum atomic E-state index is 0.342. The van der Waals surface area contributed by atoms with Gasteiger partial charge in [-0.2, -0.15) is 0 Å². The fraction of sp³-hybridized carbons (Fsp3) is 0.500. The van der Waals surface area contributed by atoms with E-state index in [0.717, 1.165) is 28.6 Å². The Morgan fingerprint density at radius 3 is 2.88 bits per heavy atom. The second-order valence-electron chi connectivity index (χ2n) is 4.11. The maximum Gasteiger partial charge on any atom is 0.0620 e. The predicted octanol–water partition coefficient (Wildman–Crippen LogP) is 3.65. The van der Waals surface area contributed by atoms with E-state index in [1.807, 2.05) is 0 Å². The Hall–Kier alpha value is 0.1000. The first-order valence-electron chi connectivity index (χ1n) is 5.45. The molecule has 1 aliphatic rings. The molecular weight excluding hydrogens is 334 g/mol. The van der Waals surface area contributed by atoms with Gasteiger partial charge in [0.15, 0.2) is 0 Å². The van der Waals surface area contributed by atoms with E-state index in [1.165, 1.54) is 5.56 Å². The minimum absolute atomic E-state index is 0.342. The largest absolute Gasteiger partial charge is 0.380 e. The van der Waals surface area contributed by atoms with E-state index in [1.54, 1.807) is 0 Å². The summed E-state index contributed by atoms with van der Waals surface area (Å²) < 4.78 is 7.60. The summed E-state index contributed by atoms with van der Waals surface area (Å²) in [7, 11) is 0. The van der Waals surface area contributed by atoms with E-state index in [9.17, 15) is 0 Å². The molecule has 2 unspecified atom stereocenters. The minimum Gasteiger partial charge on any atom is -0.380 e. The number of hydrogen-bond donors (Lipinski definition) is 1. The molecule has 0 amide bonds. The van der Waals surface area contributed by atoms with Gasteiger partial charge in [0.2, 0.25) is 0 Å². The maximum atomic E-state index is 5.36. The van der Waals surface area contributed by atoms with Gasteiger partial charge in [0.25, 0.3) is 0 Å². The van der Waals surface area contributed by atoms with Gasteiger partial charge in [0.05, 0.1) is 6.61 Å². The molecule has 88 valence electrons. The normalized spacial score (nSPS) is 22.3. The molecular formula is C12H15Br2NO. The van der Waals surface area contributed by atoms with Crippen LogP contribution in [0.4, 0.5) is 0 Å². The van der Waals surface area contributed by atoms with E-state index < -0.39 is 0 Å². The molecule has 1 aromatic carbocycles. The van der Waals surface area contributed by atoms with Crippen LogP contribution in [0.15, 0.2) is 27.1 Å². The smallest absolute Gasteiger partial charge is 0.0620 e. The van der Waals surface area contributed by atoms with Gasteiger partial charge in [-0.3, -0.25) is 0 Å². The van der Waals surface area contributed by atoms with E-state index in [0.29, 0.717) is 12.1 Å². The van der Waals surface area contributed by atoms with Crippen molar-refractivity contribution in [1.29, 1.82) is 0 Å². The van der Waals surface area contributed by atoms with Crippen molar-refractivity contribution in [3.05, 3.63) is 32.7 Å². The average Bonchev–Trinajstić information content (AvgIpc) is 2.70. The number of rotatable bonds is 3. The highest BCUT2D eigenvalue weighted by Crippen LogP contribution is 2.27. The van der Waals surface area contributed by atoms with Crippen LogP contribution in [0.2, 0.25) is 0 Å². The van der Waals surface area contributed by atoms with Crippen molar-refractivity contribution >= 4 is 31.9 Å². The quantitative estimate of drug-likeness (QED) is 0.900. The third-order valence-corrected chi connectivity index (χ3v) is 4.02. The highest BCUT2D eigenvalue weighted by Gasteiger charge is 2.19. The fourth-order valence-electron chi connectivity index (χ4n) is 1.96. The molecule has 1 heterocycles. The first kappa shape index (κ1) is 12.6. The highest BCUT2D eigenvalue weighted by atomic mass is 79.9. The van der Waals surface area contributed by atoms with Gasteiger partial charge in [-0.25, -0.2) is 0 Å². The topological polar surface area (TPSA) is 21.3 Å². The standard InChI is InChI=1S/C12H15Br2NO/c1-8(15-10-4-5-16-7-10)11-3-2-9(13)6-12(11)14/h2-3,6,8,10,15H,4-5,7H2,1H3. The van der Waals surface area contributed by atoms with E-state index in [4.69, 9.17) is 4.74 Å². The van der Waals surface area contributed by atoms with Crippen molar-refractivity contribution in [2.45, 2.75) is 25.4 Å². The van der Waals surface area contributed by atoms with Crippen LogP contribution < -0.4 is 5.32 Å².